The Morgan fingerprint density at radius 2 is 1.70 bits per heavy atom. The SMILES string of the molecule is CCc1ccc(C2(C)NC(=O)N(CC(N)(CC)CC)C2=O)cc1. The summed E-state index contributed by atoms with van der Waals surface area (Å²) in [6.45, 7) is 8.03. The summed E-state index contributed by atoms with van der Waals surface area (Å²) in [5, 5.41) is 2.84. The smallest absolute Gasteiger partial charge is 0.324 e. The van der Waals surface area contributed by atoms with Gasteiger partial charge in [0.2, 0.25) is 0 Å². The maximum atomic E-state index is 12.9. The highest BCUT2D eigenvalue weighted by atomic mass is 16.2. The summed E-state index contributed by atoms with van der Waals surface area (Å²) < 4.78 is 0. The number of nitrogens with two attached hydrogens (primary N) is 1. The van der Waals surface area contributed by atoms with Crippen molar-refractivity contribution in [2.75, 3.05) is 6.54 Å². The predicted molar refractivity (Wildman–Crippen MR) is 90.9 cm³/mol. The van der Waals surface area contributed by atoms with Crippen LogP contribution in [0.25, 0.3) is 0 Å². The fourth-order valence-electron chi connectivity index (χ4n) is 2.90. The topological polar surface area (TPSA) is 75.4 Å². The van der Waals surface area contributed by atoms with Crippen molar-refractivity contribution < 1.29 is 9.59 Å². The minimum absolute atomic E-state index is 0.233. The van der Waals surface area contributed by atoms with Crippen LogP contribution in [0.3, 0.4) is 0 Å². The maximum Gasteiger partial charge on any atom is 0.325 e. The molecule has 1 aliphatic heterocycles. The van der Waals surface area contributed by atoms with Crippen molar-refractivity contribution in [2.24, 2.45) is 5.73 Å². The van der Waals surface area contributed by atoms with Gasteiger partial charge in [-0.1, -0.05) is 45.0 Å². The molecular weight excluding hydrogens is 290 g/mol. The largest absolute Gasteiger partial charge is 0.325 e. The standard InChI is InChI=1S/C18H27N3O2/c1-5-13-8-10-14(11-9-13)17(4)15(22)21(16(23)20-17)12-18(19,6-2)7-3/h8-11H,5-7,12,19H2,1-4H3,(H,20,23). The number of carbonyl (C=O) groups is 2. The van der Waals surface area contributed by atoms with Crippen LogP contribution in [-0.2, 0) is 16.8 Å². The van der Waals surface area contributed by atoms with E-state index in [9.17, 15) is 9.59 Å². The first-order chi connectivity index (χ1) is 10.8. The molecule has 5 nitrogen and oxygen atoms in total. The predicted octanol–water partition coefficient (Wildman–Crippen LogP) is 2.53. The third kappa shape index (κ3) is 3.11. The highest BCUT2D eigenvalue weighted by Crippen LogP contribution is 2.30. The molecule has 1 saturated heterocycles. The zero-order chi connectivity index (χ0) is 17.3. The van der Waals surface area contributed by atoms with Gasteiger partial charge in [-0.2, -0.15) is 0 Å². The summed E-state index contributed by atoms with van der Waals surface area (Å²) in [5.41, 5.74) is 6.73. The van der Waals surface area contributed by atoms with Crippen LogP contribution >= 0.6 is 0 Å². The van der Waals surface area contributed by atoms with Crippen LogP contribution in [-0.4, -0.2) is 28.9 Å². The summed E-state index contributed by atoms with van der Waals surface area (Å²) in [4.78, 5) is 26.5. The molecule has 1 heterocycles. The molecule has 2 rings (SSSR count). The average molecular weight is 317 g/mol. The summed E-state index contributed by atoms with van der Waals surface area (Å²) in [5.74, 6) is -0.233. The van der Waals surface area contributed by atoms with Gasteiger partial charge >= 0.3 is 6.03 Å². The Kier molecular flexibility index (Phi) is 4.80. The third-order valence-corrected chi connectivity index (χ3v) is 5.10. The molecule has 1 aliphatic rings. The number of hydrogen-bond acceptors (Lipinski definition) is 3. The minimum Gasteiger partial charge on any atom is -0.324 e. The lowest BCUT2D eigenvalue weighted by atomic mass is 9.90. The van der Waals surface area contributed by atoms with Crippen LogP contribution in [0.2, 0.25) is 0 Å². The molecular formula is C18H27N3O2. The molecule has 3 amide bonds. The molecule has 23 heavy (non-hydrogen) atoms. The Morgan fingerprint density at radius 3 is 2.17 bits per heavy atom. The van der Waals surface area contributed by atoms with Gasteiger partial charge < -0.3 is 11.1 Å². The number of hydrogen-bond donors (Lipinski definition) is 2. The minimum atomic E-state index is -1.02. The van der Waals surface area contributed by atoms with E-state index < -0.39 is 11.1 Å². The number of aryl methyl sites for hydroxylation is 1. The summed E-state index contributed by atoms with van der Waals surface area (Å²) in [6, 6.07) is 7.45. The summed E-state index contributed by atoms with van der Waals surface area (Å²) in [7, 11) is 0. The molecule has 0 aromatic heterocycles. The Balaban J connectivity index is 2.28. The lowest BCUT2D eigenvalue weighted by molar-refractivity contribution is -0.131. The van der Waals surface area contributed by atoms with Crippen molar-refractivity contribution in [1.29, 1.82) is 0 Å². The number of carbonyl (C=O) groups excluding carboxylic acids is 2. The number of rotatable bonds is 6. The highest BCUT2D eigenvalue weighted by molar-refractivity contribution is 6.07. The summed E-state index contributed by atoms with van der Waals surface area (Å²) >= 11 is 0. The van der Waals surface area contributed by atoms with E-state index in [2.05, 4.69) is 12.2 Å². The van der Waals surface area contributed by atoms with Gasteiger partial charge in [-0.15, -0.1) is 0 Å². The van der Waals surface area contributed by atoms with E-state index in [0.717, 1.165) is 12.0 Å². The lowest BCUT2D eigenvalue weighted by Gasteiger charge is -2.31. The van der Waals surface area contributed by atoms with E-state index >= 15 is 0 Å². The molecule has 0 radical (unpaired) electrons. The molecule has 0 bridgehead atoms. The number of nitrogens with zero attached hydrogens (tertiary/aromatic N) is 1. The Morgan fingerprint density at radius 1 is 1.13 bits per heavy atom. The van der Waals surface area contributed by atoms with Crippen molar-refractivity contribution in [1.82, 2.24) is 10.2 Å². The molecule has 1 aromatic carbocycles. The van der Waals surface area contributed by atoms with Crippen LogP contribution in [0.15, 0.2) is 24.3 Å². The second kappa shape index (κ2) is 6.32. The van der Waals surface area contributed by atoms with Crippen LogP contribution in [0.4, 0.5) is 4.79 Å². The van der Waals surface area contributed by atoms with Crippen molar-refractivity contribution in [2.45, 2.75) is 58.0 Å². The van der Waals surface area contributed by atoms with Gasteiger partial charge in [0, 0.05) is 12.1 Å². The molecule has 5 heteroatoms. The Labute approximate surface area is 138 Å². The Hall–Kier alpha value is -1.88. The van der Waals surface area contributed by atoms with Gasteiger partial charge in [0.1, 0.15) is 5.54 Å². The van der Waals surface area contributed by atoms with Crippen molar-refractivity contribution >= 4 is 11.9 Å². The first-order valence-corrected chi connectivity index (χ1v) is 8.32. The number of nitrogens with one attached hydrogen (secondary N) is 1. The van der Waals surface area contributed by atoms with Gasteiger partial charge in [-0.3, -0.25) is 9.69 Å². The van der Waals surface area contributed by atoms with Crippen molar-refractivity contribution in [3.8, 4) is 0 Å². The van der Waals surface area contributed by atoms with Gasteiger partial charge in [0.25, 0.3) is 5.91 Å². The highest BCUT2D eigenvalue weighted by Gasteiger charge is 2.50. The van der Waals surface area contributed by atoms with Gasteiger partial charge in [-0.25, -0.2) is 4.79 Å². The molecule has 1 atom stereocenters. The lowest BCUT2D eigenvalue weighted by Crippen LogP contribution is -2.51. The molecule has 0 aliphatic carbocycles. The number of urea groups is 1. The maximum absolute atomic E-state index is 12.9. The normalized spacial score (nSPS) is 21.7. The first-order valence-electron chi connectivity index (χ1n) is 8.32. The Bertz CT molecular complexity index is 593. The van der Waals surface area contributed by atoms with E-state index in [0.29, 0.717) is 12.8 Å². The van der Waals surface area contributed by atoms with E-state index in [-0.39, 0.29) is 18.5 Å². The molecule has 1 fully saturated rings. The number of amides is 3. The molecule has 1 aromatic rings. The van der Waals surface area contributed by atoms with Crippen LogP contribution < -0.4 is 11.1 Å². The zero-order valence-corrected chi connectivity index (χ0v) is 14.5. The molecule has 1 unspecified atom stereocenters. The molecule has 126 valence electrons. The van der Waals surface area contributed by atoms with Crippen molar-refractivity contribution in [3.05, 3.63) is 35.4 Å². The fourth-order valence-corrected chi connectivity index (χ4v) is 2.90. The van der Waals surface area contributed by atoms with E-state index in [1.807, 2.05) is 38.1 Å². The molecule has 0 saturated carbocycles. The number of imide groups is 1. The van der Waals surface area contributed by atoms with Crippen LogP contribution in [0.5, 0.6) is 0 Å². The quantitative estimate of drug-likeness (QED) is 0.792. The van der Waals surface area contributed by atoms with Gasteiger partial charge in [-0.05, 0) is 37.3 Å². The first kappa shape index (κ1) is 17.5. The number of benzene rings is 1. The van der Waals surface area contributed by atoms with Gasteiger partial charge in [0.05, 0.1) is 0 Å². The zero-order valence-electron chi connectivity index (χ0n) is 14.5. The second-order valence-electron chi connectivity index (χ2n) is 6.57. The van der Waals surface area contributed by atoms with Gasteiger partial charge in [0.15, 0.2) is 0 Å². The van der Waals surface area contributed by atoms with E-state index in [4.69, 9.17) is 5.73 Å². The van der Waals surface area contributed by atoms with Crippen LogP contribution in [0, 0.1) is 0 Å². The fraction of sp³-hybridized carbons (Fsp3) is 0.556. The van der Waals surface area contributed by atoms with E-state index in [1.54, 1.807) is 6.92 Å². The molecule has 0 spiro atoms. The summed E-state index contributed by atoms with van der Waals surface area (Å²) in [6.07, 6.45) is 2.36. The van der Waals surface area contributed by atoms with E-state index in [1.165, 1.54) is 10.5 Å². The van der Waals surface area contributed by atoms with Crippen LogP contribution in [0.1, 0.15) is 51.7 Å². The monoisotopic (exact) mass is 317 g/mol. The second-order valence-corrected chi connectivity index (χ2v) is 6.57. The van der Waals surface area contributed by atoms with Crippen molar-refractivity contribution in [3.63, 3.8) is 0 Å². The third-order valence-electron chi connectivity index (χ3n) is 5.10. The molecule has 3 N–H and O–H groups in total. The average Bonchev–Trinajstić information content (AvgIpc) is 2.79.